The van der Waals surface area contributed by atoms with E-state index in [9.17, 15) is 27.9 Å². The molecule has 0 aromatic carbocycles. The number of aliphatic hydroxyl groups is 1. The van der Waals surface area contributed by atoms with Crippen LogP contribution < -0.4 is 11.2 Å². The van der Waals surface area contributed by atoms with Crippen molar-refractivity contribution in [2.45, 2.75) is 38.7 Å². The van der Waals surface area contributed by atoms with Crippen molar-refractivity contribution in [3.8, 4) is 0 Å². The van der Waals surface area contributed by atoms with Gasteiger partial charge in [0.2, 0.25) is 0 Å². The molecule has 1 N–H and O–H groups in total. The molecule has 24 heavy (non-hydrogen) atoms. The molecule has 0 fully saturated rings. The minimum absolute atomic E-state index is 0.273. The van der Waals surface area contributed by atoms with Crippen molar-refractivity contribution in [1.82, 2.24) is 18.9 Å². The minimum Gasteiger partial charge on any atom is -0.385 e. The Morgan fingerprint density at radius 3 is 2.38 bits per heavy atom. The van der Waals surface area contributed by atoms with Gasteiger partial charge in [0.25, 0.3) is 5.56 Å². The Hall–Kier alpha value is -2.36. The fourth-order valence-electron chi connectivity index (χ4n) is 2.32. The fraction of sp³-hybridized carbons (Fsp3) is 0.500. The molecule has 132 valence electrons. The Morgan fingerprint density at radius 2 is 1.92 bits per heavy atom. The van der Waals surface area contributed by atoms with E-state index in [1.165, 1.54) is 37.8 Å². The van der Waals surface area contributed by atoms with Gasteiger partial charge in [0.15, 0.2) is 0 Å². The molecule has 2 aromatic heterocycles. The number of rotatable bonds is 4. The molecular formula is C14H17F3N4O3. The molecule has 2 heterocycles. The third kappa shape index (κ3) is 3.28. The van der Waals surface area contributed by atoms with E-state index in [0.717, 1.165) is 4.57 Å². The first-order chi connectivity index (χ1) is 11.0. The molecule has 0 aliphatic heterocycles. The molecule has 0 saturated carbocycles. The number of aromatic nitrogens is 4. The quantitative estimate of drug-likeness (QED) is 0.898. The van der Waals surface area contributed by atoms with E-state index >= 15 is 0 Å². The molecule has 2 aromatic rings. The summed E-state index contributed by atoms with van der Waals surface area (Å²) >= 11 is 0. The minimum atomic E-state index is -4.90. The van der Waals surface area contributed by atoms with E-state index in [2.05, 4.69) is 5.10 Å². The number of halogens is 3. The van der Waals surface area contributed by atoms with E-state index in [1.807, 2.05) is 0 Å². The van der Waals surface area contributed by atoms with Crippen molar-refractivity contribution in [2.24, 2.45) is 7.05 Å². The van der Waals surface area contributed by atoms with Crippen LogP contribution >= 0.6 is 0 Å². The summed E-state index contributed by atoms with van der Waals surface area (Å²) in [6, 6.07) is 0.865. The average molecular weight is 346 g/mol. The zero-order chi connectivity index (χ0) is 18.2. The van der Waals surface area contributed by atoms with E-state index in [1.54, 1.807) is 0 Å². The second-order valence-corrected chi connectivity index (χ2v) is 5.64. The molecular weight excluding hydrogens is 329 g/mol. The number of aliphatic hydroxyl groups excluding tert-OH is 1. The summed E-state index contributed by atoms with van der Waals surface area (Å²) in [4.78, 5) is 24.4. The predicted octanol–water partition coefficient (Wildman–Crippen LogP) is 1.08. The van der Waals surface area contributed by atoms with Gasteiger partial charge in [-0.2, -0.15) is 18.3 Å². The second-order valence-electron chi connectivity index (χ2n) is 5.64. The Labute approximate surface area is 134 Å². The topological polar surface area (TPSA) is 82.0 Å². The molecule has 1 unspecified atom stereocenters. The summed E-state index contributed by atoms with van der Waals surface area (Å²) in [5, 5.41) is 14.0. The van der Waals surface area contributed by atoms with Gasteiger partial charge in [-0.15, -0.1) is 0 Å². The van der Waals surface area contributed by atoms with Gasteiger partial charge in [-0.25, -0.2) is 4.79 Å². The third-order valence-corrected chi connectivity index (χ3v) is 3.61. The molecule has 0 saturated heterocycles. The van der Waals surface area contributed by atoms with Gasteiger partial charge in [0, 0.05) is 25.5 Å². The summed E-state index contributed by atoms with van der Waals surface area (Å²) in [6.45, 7) is 2.44. The number of alkyl halides is 3. The van der Waals surface area contributed by atoms with Crippen LogP contribution in [0.2, 0.25) is 0 Å². The van der Waals surface area contributed by atoms with E-state index in [-0.39, 0.29) is 5.69 Å². The van der Waals surface area contributed by atoms with Crippen LogP contribution in [0.15, 0.2) is 28.0 Å². The zero-order valence-electron chi connectivity index (χ0n) is 13.3. The van der Waals surface area contributed by atoms with E-state index < -0.39 is 41.7 Å². The highest BCUT2D eigenvalue weighted by atomic mass is 19.4. The van der Waals surface area contributed by atoms with Crippen molar-refractivity contribution >= 4 is 0 Å². The van der Waals surface area contributed by atoms with Crippen molar-refractivity contribution in [2.75, 3.05) is 0 Å². The van der Waals surface area contributed by atoms with Gasteiger partial charge in [0.1, 0.15) is 11.7 Å². The predicted molar refractivity (Wildman–Crippen MR) is 78.5 cm³/mol. The molecule has 0 bridgehead atoms. The first-order valence-corrected chi connectivity index (χ1v) is 7.13. The molecule has 7 nitrogen and oxygen atoms in total. The molecule has 0 radical (unpaired) electrons. The van der Waals surface area contributed by atoms with Gasteiger partial charge in [-0.05, 0) is 19.9 Å². The lowest BCUT2D eigenvalue weighted by molar-refractivity contribution is -0.139. The zero-order valence-corrected chi connectivity index (χ0v) is 13.3. The lowest BCUT2D eigenvalue weighted by atomic mass is 10.2. The van der Waals surface area contributed by atoms with Crippen LogP contribution in [-0.4, -0.2) is 24.0 Å². The summed E-state index contributed by atoms with van der Waals surface area (Å²) in [7, 11) is 1.53. The first kappa shape index (κ1) is 18.0. The highest BCUT2D eigenvalue weighted by Crippen LogP contribution is 2.26. The molecule has 0 aliphatic carbocycles. The van der Waals surface area contributed by atoms with Crippen molar-refractivity contribution in [1.29, 1.82) is 0 Å². The van der Waals surface area contributed by atoms with Crippen LogP contribution in [0.1, 0.15) is 37.3 Å². The Balaban J connectivity index is 2.60. The Morgan fingerprint density at radius 1 is 1.29 bits per heavy atom. The molecule has 2 rings (SSSR count). The third-order valence-electron chi connectivity index (χ3n) is 3.61. The normalized spacial score (nSPS) is 13.5. The van der Waals surface area contributed by atoms with Crippen molar-refractivity contribution in [3.63, 3.8) is 0 Å². The Kier molecular flexibility index (Phi) is 4.70. The maximum Gasteiger partial charge on any atom is 0.423 e. The largest absolute Gasteiger partial charge is 0.423 e. The van der Waals surface area contributed by atoms with Crippen LogP contribution in [0, 0.1) is 0 Å². The van der Waals surface area contributed by atoms with Gasteiger partial charge in [-0.1, -0.05) is 0 Å². The smallest absolute Gasteiger partial charge is 0.385 e. The monoisotopic (exact) mass is 346 g/mol. The number of nitrogens with zero attached hydrogens (tertiary/aromatic N) is 4. The summed E-state index contributed by atoms with van der Waals surface area (Å²) in [6.07, 6.45) is -4.35. The van der Waals surface area contributed by atoms with Crippen LogP contribution in [-0.2, 0) is 19.8 Å². The summed E-state index contributed by atoms with van der Waals surface area (Å²) in [5.74, 6) is 0. The van der Waals surface area contributed by atoms with Crippen molar-refractivity contribution < 1.29 is 18.3 Å². The molecule has 0 amide bonds. The molecule has 0 spiro atoms. The first-order valence-electron chi connectivity index (χ1n) is 7.13. The van der Waals surface area contributed by atoms with Gasteiger partial charge < -0.3 is 5.11 Å². The summed E-state index contributed by atoms with van der Waals surface area (Å²) in [5.41, 5.74) is -3.57. The standard InChI is InChI=1S/C14H17F3N4O3/c1-8(2)20-6-9(14(15,16)17)12(23)21(13(20)24)7-11(22)10-4-5-18-19(10)3/h4-6,8,11,22H,7H2,1-3H3. The van der Waals surface area contributed by atoms with Crippen LogP contribution in [0.5, 0.6) is 0 Å². The second kappa shape index (κ2) is 6.27. The van der Waals surface area contributed by atoms with Gasteiger partial charge >= 0.3 is 11.9 Å². The number of aryl methyl sites for hydroxylation is 1. The van der Waals surface area contributed by atoms with Gasteiger partial charge in [-0.3, -0.25) is 18.6 Å². The van der Waals surface area contributed by atoms with Crippen LogP contribution in [0.3, 0.4) is 0 Å². The summed E-state index contributed by atoms with van der Waals surface area (Å²) < 4.78 is 41.8. The highest BCUT2D eigenvalue weighted by molar-refractivity contribution is 5.11. The number of hydrogen-bond acceptors (Lipinski definition) is 4. The molecule has 1 atom stereocenters. The number of hydrogen-bond donors (Lipinski definition) is 1. The maximum absolute atomic E-state index is 13.1. The van der Waals surface area contributed by atoms with E-state index in [4.69, 9.17) is 0 Å². The van der Waals surface area contributed by atoms with Crippen LogP contribution in [0.25, 0.3) is 0 Å². The SMILES string of the molecule is CC(C)n1cc(C(F)(F)F)c(=O)n(CC(O)c2ccnn2C)c1=O. The highest BCUT2D eigenvalue weighted by Gasteiger charge is 2.36. The van der Waals surface area contributed by atoms with Crippen LogP contribution in [0.4, 0.5) is 13.2 Å². The molecule has 0 aliphatic rings. The fourth-order valence-corrected chi connectivity index (χ4v) is 2.32. The Bertz CT molecular complexity index is 848. The average Bonchev–Trinajstić information content (AvgIpc) is 2.87. The molecule has 10 heteroatoms. The maximum atomic E-state index is 13.1. The van der Waals surface area contributed by atoms with E-state index in [0.29, 0.717) is 10.8 Å². The lowest BCUT2D eigenvalue weighted by Crippen LogP contribution is -2.44. The van der Waals surface area contributed by atoms with Gasteiger partial charge in [0.05, 0.1) is 12.2 Å². The lowest BCUT2D eigenvalue weighted by Gasteiger charge is -2.18. The van der Waals surface area contributed by atoms with Crippen molar-refractivity contribution in [3.05, 3.63) is 50.6 Å².